The number of halogens is 3. The van der Waals surface area contributed by atoms with Crippen molar-refractivity contribution in [2.75, 3.05) is 13.6 Å². The first-order chi connectivity index (χ1) is 7.84. The van der Waals surface area contributed by atoms with E-state index < -0.39 is 28.9 Å². The molecular formula is C11H13F3N2O. The molecule has 1 aromatic rings. The summed E-state index contributed by atoms with van der Waals surface area (Å²) in [6.07, 6.45) is 0. The minimum absolute atomic E-state index is 0.192. The maximum absolute atomic E-state index is 13.3. The maximum Gasteiger partial charge on any atom is 0.256 e. The number of nitrogens with two attached hydrogens (primary N) is 1. The molecule has 1 rings (SSSR count). The molecule has 0 heterocycles. The van der Waals surface area contributed by atoms with E-state index in [1.165, 1.54) is 7.05 Å². The topological polar surface area (TPSA) is 46.3 Å². The van der Waals surface area contributed by atoms with Crippen molar-refractivity contribution < 1.29 is 18.0 Å². The molecule has 6 heteroatoms. The fraction of sp³-hybridized carbons (Fsp3) is 0.364. The Balaban J connectivity index is 3.01. The molecule has 0 fully saturated rings. The van der Waals surface area contributed by atoms with Crippen LogP contribution in [-0.2, 0) is 0 Å². The van der Waals surface area contributed by atoms with Crippen LogP contribution in [0, 0.1) is 17.5 Å². The Labute approximate surface area is 97.0 Å². The van der Waals surface area contributed by atoms with Crippen LogP contribution in [0.2, 0.25) is 0 Å². The summed E-state index contributed by atoms with van der Waals surface area (Å²) in [6, 6.07) is 1.33. The average molecular weight is 246 g/mol. The Hall–Kier alpha value is -1.56. The summed E-state index contributed by atoms with van der Waals surface area (Å²) in [6.45, 7) is 1.86. The number of likely N-dealkylation sites (N-methyl/N-ethyl adjacent to an activating group) is 1. The quantitative estimate of drug-likeness (QED) is 0.822. The number of nitrogens with zero attached hydrogens (tertiary/aromatic N) is 1. The largest absolute Gasteiger partial charge is 0.340 e. The standard InChI is InChI=1S/C11H13F3N2O/c1-6(15)5-16(2)11(17)7-3-4-8(12)10(14)9(7)13/h3-4,6H,5,15H2,1-2H3. The molecule has 0 radical (unpaired) electrons. The van der Waals surface area contributed by atoms with E-state index in [0.717, 1.165) is 11.0 Å². The molecule has 0 aliphatic carbocycles. The van der Waals surface area contributed by atoms with Gasteiger partial charge in [-0.2, -0.15) is 0 Å². The van der Waals surface area contributed by atoms with Gasteiger partial charge in [0.2, 0.25) is 0 Å². The Morgan fingerprint density at radius 2 is 1.94 bits per heavy atom. The highest BCUT2D eigenvalue weighted by atomic mass is 19.2. The fourth-order valence-corrected chi connectivity index (χ4v) is 1.41. The van der Waals surface area contributed by atoms with E-state index >= 15 is 0 Å². The second-order valence-corrected chi connectivity index (χ2v) is 3.89. The summed E-state index contributed by atoms with van der Waals surface area (Å²) in [5, 5.41) is 0. The molecule has 1 unspecified atom stereocenters. The monoisotopic (exact) mass is 246 g/mol. The average Bonchev–Trinajstić information content (AvgIpc) is 2.24. The number of hydrogen-bond acceptors (Lipinski definition) is 2. The molecule has 2 N–H and O–H groups in total. The highest BCUT2D eigenvalue weighted by molar-refractivity contribution is 5.94. The van der Waals surface area contributed by atoms with E-state index in [9.17, 15) is 18.0 Å². The number of benzene rings is 1. The SMILES string of the molecule is CC(N)CN(C)C(=O)c1ccc(F)c(F)c1F. The lowest BCUT2D eigenvalue weighted by Crippen LogP contribution is -2.37. The van der Waals surface area contributed by atoms with E-state index in [4.69, 9.17) is 5.73 Å². The van der Waals surface area contributed by atoms with Crippen molar-refractivity contribution in [2.24, 2.45) is 5.73 Å². The summed E-state index contributed by atoms with van der Waals surface area (Å²) >= 11 is 0. The molecule has 1 atom stereocenters. The summed E-state index contributed by atoms with van der Waals surface area (Å²) in [4.78, 5) is 12.9. The van der Waals surface area contributed by atoms with E-state index in [2.05, 4.69) is 0 Å². The van der Waals surface area contributed by atoms with Crippen LogP contribution < -0.4 is 5.73 Å². The normalized spacial score (nSPS) is 12.4. The molecule has 0 spiro atoms. The van der Waals surface area contributed by atoms with E-state index in [1.54, 1.807) is 6.92 Å². The third-order valence-corrected chi connectivity index (χ3v) is 2.17. The molecule has 94 valence electrons. The highest BCUT2D eigenvalue weighted by Crippen LogP contribution is 2.16. The van der Waals surface area contributed by atoms with Crippen molar-refractivity contribution >= 4 is 5.91 Å². The lowest BCUT2D eigenvalue weighted by Gasteiger charge is -2.19. The number of carbonyl (C=O) groups excluding carboxylic acids is 1. The van der Waals surface area contributed by atoms with Gasteiger partial charge >= 0.3 is 0 Å². The third-order valence-electron chi connectivity index (χ3n) is 2.17. The zero-order valence-electron chi connectivity index (χ0n) is 9.51. The van der Waals surface area contributed by atoms with Gasteiger partial charge in [0.1, 0.15) is 0 Å². The maximum atomic E-state index is 13.3. The minimum Gasteiger partial charge on any atom is -0.340 e. The van der Waals surface area contributed by atoms with Crippen molar-refractivity contribution in [1.82, 2.24) is 4.90 Å². The van der Waals surface area contributed by atoms with Crippen LogP contribution in [0.3, 0.4) is 0 Å². The van der Waals surface area contributed by atoms with Gasteiger partial charge in [-0.25, -0.2) is 13.2 Å². The van der Waals surface area contributed by atoms with Gasteiger partial charge in [0.15, 0.2) is 17.5 Å². The first-order valence-corrected chi connectivity index (χ1v) is 4.99. The minimum atomic E-state index is -1.65. The molecule has 1 aromatic carbocycles. The predicted octanol–water partition coefficient (Wildman–Crippen LogP) is 1.52. The molecule has 0 aliphatic rings. The van der Waals surface area contributed by atoms with Crippen LogP contribution >= 0.6 is 0 Å². The number of rotatable bonds is 3. The Morgan fingerprint density at radius 1 is 1.35 bits per heavy atom. The highest BCUT2D eigenvalue weighted by Gasteiger charge is 2.21. The van der Waals surface area contributed by atoms with Crippen LogP contribution in [0.15, 0.2) is 12.1 Å². The van der Waals surface area contributed by atoms with Crippen molar-refractivity contribution in [3.8, 4) is 0 Å². The summed E-state index contributed by atoms with van der Waals surface area (Å²) < 4.78 is 38.9. The number of hydrogen-bond donors (Lipinski definition) is 1. The molecule has 0 saturated heterocycles. The van der Waals surface area contributed by atoms with Gasteiger partial charge in [-0.1, -0.05) is 0 Å². The van der Waals surface area contributed by atoms with Crippen LogP contribution in [0.5, 0.6) is 0 Å². The van der Waals surface area contributed by atoms with Crippen LogP contribution in [0.1, 0.15) is 17.3 Å². The van der Waals surface area contributed by atoms with Gasteiger partial charge in [0.05, 0.1) is 5.56 Å². The molecular weight excluding hydrogens is 233 g/mol. The van der Waals surface area contributed by atoms with Crippen molar-refractivity contribution in [2.45, 2.75) is 13.0 Å². The molecule has 17 heavy (non-hydrogen) atoms. The lowest BCUT2D eigenvalue weighted by molar-refractivity contribution is 0.0782. The van der Waals surface area contributed by atoms with Gasteiger partial charge in [0.25, 0.3) is 5.91 Å². The van der Waals surface area contributed by atoms with Gasteiger partial charge < -0.3 is 10.6 Å². The molecule has 0 bridgehead atoms. The summed E-state index contributed by atoms with van der Waals surface area (Å²) in [7, 11) is 1.41. The van der Waals surface area contributed by atoms with Crippen LogP contribution in [0.25, 0.3) is 0 Å². The van der Waals surface area contributed by atoms with Gasteiger partial charge in [-0.3, -0.25) is 4.79 Å². The smallest absolute Gasteiger partial charge is 0.256 e. The molecule has 1 amide bonds. The zero-order chi connectivity index (χ0) is 13.2. The first-order valence-electron chi connectivity index (χ1n) is 4.99. The molecule has 0 aromatic heterocycles. The summed E-state index contributed by atoms with van der Waals surface area (Å²) in [5.74, 6) is -5.19. The van der Waals surface area contributed by atoms with Crippen molar-refractivity contribution in [3.63, 3.8) is 0 Å². The molecule has 0 aliphatic heterocycles. The second kappa shape index (κ2) is 5.18. The second-order valence-electron chi connectivity index (χ2n) is 3.89. The number of carbonyl (C=O) groups is 1. The van der Waals surface area contributed by atoms with Crippen molar-refractivity contribution in [3.05, 3.63) is 35.1 Å². The molecule has 0 saturated carbocycles. The van der Waals surface area contributed by atoms with Crippen LogP contribution in [-0.4, -0.2) is 30.4 Å². The third kappa shape index (κ3) is 2.97. The molecule has 3 nitrogen and oxygen atoms in total. The Morgan fingerprint density at radius 3 is 2.47 bits per heavy atom. The lowest BCUT2D eigenvalue weighted by atomic mass is 10.1. The van der Waals surface area contributed by atoms with Gasteiger partial charge in [0, 0.05) is 19.6 Å². The summed E-state index contributed by atoms with van der Waals surface area (Å²) in [5.41, 5.74) is 4.97. The number of amides is 1. The predicted molar refractivity (Wildman–Crippen MR) is 56.9 cm³/mol. The van der Waals surface area contributed by atoms with Crippen molar-refractivity contribution in [1.29, 1.82) is 0 Å². The van der Waals surface area contributed by atoms with E-state index in [1.807, 2.05) is 0 Å². The van der Waals surface area contributed by atoms with E-state index in [-0.39, 0.29) is 12.6 Å². The first kappa shape index (κ1) is 13.5. The van der Waals surface area contributed by atoms with Gasteiger partial charge in [-0.15, -0.1) is 0 Å². The Kier molecular flexibility index (Phi) is 4.11. The zero-order valence-corrected chi connectivity index (χ0v) is 9.51. The van der Waals surface area contributed by atoms with Gasteiger partial charge in [-0.05, 0) is 19.1 Å². The van der Waals surface area contributed by atoms with Crippen LogP contribution in [0.4, 0.5) is 13.2 Å². The van der Waals surface area contributed by atoms with E-state index in [0.29, 0.717) is 6.07 Å². The fourth-order valence-electron chi connectivity index (χ4n) is 1.41. The Bertz CT molecular complexity index is 435.